The number of benzene rings is 1. The van der Waals surface area contributed by atoms with Gasteiger partial charge in [-0.1, -0.05) is 11.8 Å². The fourth-order valence-electron chi connectivity index (χ4n) is 4.98. The third-order valence-electron chi connectivity index (χ3n) is 6.53. The Hall–Kier alpha value is -3.72. The average Bonchev–Trinajstić information content (AvgIpc) is 3.68. The molecule has 1 aromatic carbocycles. The molecule has 4 heterocycles. The highest BCUT2D eigenvalue weighted by molar-refractivity contribution is 7.99. The molecule has 1 aliphatic heterocycles. The van der Waals surface area contributed by atoms with Crippen LogP contribution >= 0.6 is 11.8 Å². The van der Waals surface area contributed by atoms with Crippen molar-refractivity contribution in [3.05, 3.63) is 72.1 Å². The van der Waals surface area contributed by atoms with Crippen LogP contribution in [0.5, 0.6) is 5.75 Å². The molecule has 184 valence electrons. The molecule has 1 N–H and O–H groups in total. The van der Waals surface area contributed by atoms with E-state index in [2.05, 4.69) is 9.97 Å². The molecular formula is C27H26N4O4S. The predicted octanol–water partition coefficient (Wildman–Crippen LogP) is 6.06. The molecule has 2 aliphatic rings. The van der Waals surface area contributed by atoms with Crippen LogP contribution in [-0.2, 0) is 4.79 Å². The van der Waals surface area contributed by atoms with Gasteiger partial charge in [0.2, 0.25) is 0 Å². The lowest BCUT2D eigenvalue weighted by molar-refractivity contribution is -0.131. The van der Waals surface area contributed by atoms with Crippen molar-refractivity contribution in [2.24, 2.45) is 11.0 Å². The van der Waals surface area contributed by atoms with Gasteiger partial charge in [-0.25, -0.2) is 9.99 Å². The van der Waals surface area contributed by atoms with Crippen LogP contribution < -0.4 is 4.74 Å². The van der Waals surface area contributed by atoms with Gasteiger partial charge in [-0.15, -0.1) is 0 Å². The molecular weight excluding hydrogens is 476 g/mol. The Labute approximate surface area is 212 Å². The van der Waals surface area contributed by atoms with Crippen molar-refractivity contribution in [2.75, 3.05) is 12.4 Å². The maximum atomic E-state index is 13.5. The number of aromatic amines is 1. The van der Waals surface area contributed by atoms with Crippen LogP contribution in [0.3, 0.4) is 0 Å². The van der Waals surface area contributed by atoms with Crippen LogP contribution in [-0.4, -0.2) is 39.0 Å². The van der Waals surface area contributed by atoms with Gasteiger partial charge in [0.05, 0.1) is 41.6 Å². The summed E-state index contributed by atoms with van der Waals surface area (Å²) in [7, 11) is 0. The maximum Gasteiger partial charge on any atom is 0.253 e. The number of hydrazone groups is 1. The fraction of sp³-hybridized carbons (Fsp3) is 0.296. The van der Waals surface area contributed by atoms with Crippen molar-refractivity contribution in [3.63, 3.8) is 0 Å². The average molecular weight is 503 g/mol. The van der Waals surface area contributed by atoms with Gasteiger partial charge in [-0.2, -0.15) is 5.10 Å². The number of hydrogen-bond acceptors (Lipinski definition) is 7. The van der Waals surface area contributed by atoms with Crippen molar-refractivity contribution >= 4 is 40.5 Å². The minimum atomic E-state index is -0.257. The third-order valence-corrected chi connectivity index (χ3v) is 7.38. The Morgan fingerprint density at radius 3 is 2.94 bits per heavy atom. The number of aromatic nitrogens is 2. The number of nitrogens with one attached hydrogen (secondary N) is 1. The van der Waals surface area contributed by atoms with E-state index in [9.17, 15) is 4.79 Å². The second-order valence-corrected chi connectivity index (χ2v) is 9.77. The van der Waals surface area contributed by atoms with Crippen LogP contribution in [0.1, 0.15) is 43.7 Å². The highest BCUT2D eigenvalue weighted by atomic mass is 32.2. The van der Waals surface area contributed by atoms with Gasteiger partial charge < -0.3 is 18.6 Å². The number of thioether (sulfide) groups is 1. The van der Waals surface area contributed by atoms with E-state index in [0.29, 0.717) is 11.8 Å². The summed E-state index contributed by atoms with van der Waals surface area (Å²) < 4.78 is 16.9. The second kappa shape index (κ2) is 9.73. The third kappa shape index (κ3) is 4.35. The quantitative estimate of drug-likeness (QED) is 0.309. The molecule has 1 saturated carbocycles. The van der Waals surface area contributed by atoms with Crippen molar-refractivity contribution in [1.82, 2.24) is 15.0 Å². The van der Waals surface area contributed by atoms with Gasteiger partial charge in [-0.05, 0) is 74.2 Å². The van der Waals surface area contributed by atoms with E-state index in [0.717, 1.165) is 58.9 Å². The number of rotatable bonds is 7. The van der Waals surface area contributed by atoms with Crippen molar-refractivity contribution < 1.29 is 18.4 Å². The number of furan rings is 2. The summed E-state index contributed by atoms with van der Waals surface area (Å²) in [5.41, 5.74) is 3.78. The molecule has 2 atom stereocenters. The molecule has 0 bridgehead atoms. The first-order valence-corrected chi connectivity index (χ1v) is 13.1. The van der Waals surface area contributed by atoms with E-state index >= 15 is 0 Å². The summed E-state index contributed by atoms with van der Waals surface area (Å²) in [6.45, 7) is 2.55. The zero-order valence-corrected chi connectivity index (χ0v) is 20.7. The largest absolute Gasteiger partial charge is 0.494 e. The molecule has 2 unspecified atom stereocenters. The van der Waals surface area contributed by atoms with Gasteiger partial charge in [0.25, 0.3) is 5.91 Å². The van der Waals surface area contributed by atoms with Crippen LogP contribution in [0.25, 0.3) is 17.1 Å². The van der Waals surface area contributed by atoms with E-state index in [1.54, 1.807) is 17.5 Å². The lowest BCUT2D eigenvalue weighted by atomic mass is 9.79. The molecule has 1 fully saturated rings. The summed E-state index contributed by atoms with van der Waals surface area (Å²) in [6.07, 6.45) is 8.23. The van der Waals surface area contributed by atoms with Crippen molar-refractivity contribution in [3.8, 4) is 5.75 Å². The summed E-state index contributed by atoms with van der Waals surface area (Å²) in [4.78, 5) is 21.4. The normalized spacial score (nSPS) is 20.6. The smallest absolute Gasteiger partial charge is 0.253 e. The van der Waals surface area contributed by atoms with E-state index in [4.69, 9.17) is 18.7 Å². The number of carbonyl (C=O) groups is 1. The summed E-state index contributed by atoms with van der Waals surface area (Å²) in [5.74, 6) is 2.54. The van der Waals surface area contributed by atoms with Crippen LogP contribution in [0, 0.1) is 5.92 Å². The Kier molecular flexibility index (Phi) is 6.14. The summed E-state index contributed by atoms with van der Waals surface area (Å²) in [5, 5.41) is 7.17. The Bertz CT molecular complexity index is 1420. The Morgan fingerprint density at radius 1 is 1.25 bits per heavy atom. The van der Waals surface area contributed by atoms with Crippen molar-refractivity contribution in [2.45, 2.75) is 37.4 Å². The Morgan fingerprint density at radius 2 is 2.14 bits per heavy atom. The van der Waals surface area contributed by atoms with Gasteiger partial charge in [0, 0.05) is 12.0 Å². The van der Waals surface area contributed by atoms with Crippen LogP contribution in [0.4, 0.5) is 0 Å². The molecule has 0 radical (unpaired) electrons. The summed E-state index contributed by atoms with van der Waals surface area (Å²) >= 11 is 1.37. The van der Waals surface area contributed by atoms with Gasteiger partial charge in [0.15, 0.2) is 5.16 Å². The number of hydrogen-bond donors (Lipinski definition) is 1. The summed E-state index contributed by atoms with van der Waals surface area (Å²) in [6, 6.07) is 13.1. The number of carbonyl (C=O) groups excluding carboxylic acids is 1. The SMILES string of the molecule is CCOc1ccc2nc(SCC(=O)N3N=C4C(=Cc5ccco5)CCCC4C3c3ccco3)[nH]c2c1. The maximum absolute atomic E-state index is 13.5. The fourth-order valence-corrected chi connectivity index (χ4v) is 5.71. The Balaban J connectivity index is 1.25. The number of ether oxygens (including phenoxy) is 1. The number of H-pyrrole nitrogens is 1. The van der Waals surface area contributed by atoms with E-state index in [1.165, 1.54) is 11.8 Å². The lowest BCUT2D eigenvalue weighted by Gasteiger charge is -2.27. The highest BCUT2D eigenvalue weighted by Gasteiger charge is 2.45. The van der Waals surface area contributed by atoms with E-state index in [1.807, 2.05) is 55.5 Å². The minimum Gasteiger partial charge on any atom is -0.494 e. The highest BCUT2D eigenvalue weighted by Crippen LogP contribution is 2.44. The minimum absolute atomic E-state index is 0.0863. The molecule has 9 heteroatoms. The van der Waals surface area contributed by atoms with Crippen LogP contribution in [0.2, 0.25) is 0 Å². The number of imidazole rings is 1. The monoisotopic (exact) mass is 502 g/mol. The molecule has 6 rings (SSSR count). The molecule has 1 aliphatic carbocycles. The molecule has 8 nitrogen and oxygen atoms in total. The standard InChI is InChI=1S/C27H26N4O4S/c1-2-33-19-10-11-21-22(15-19)29-27(28-21)36-16-24(32)31-26(23-9-5-13-35-23)20-8-3-6-17(25(20)30-31)14-18-7-4-12-34-18/h4-5,7,9-15,20,26H,2-3,6,8,16H2,1H3,(H,28,29). The van der Waals surface area contributed by atoms with Gasteiger partial charge in [0.1, 0.15) is 23.3 Å². The van der Waals surface area contributed by atoms with Crippen LogP contribution in [0.15, 0.2) is 79.7 Å². The van der Waals surface area contributed by atoms with Gasteiger partial charge >= 0.3 is 0 Å². The first kappa shape index (κ1) is 22.7. The molecule has 36 heavy (non-hydrogen) atoms. The molecule has 0 spiro atoms. The molecule has 4 aromatic rings. The number of allylic oxidation sites excluding steroid dienone is 1. The molecule has 0 saturated heterocycles. The topological polar surface area (TPSA) is 96.9 Å². The van der Waals surface area contributed by atoms with E-state index in [-0.39, 0.29) is 23.6 Å². The first-order valence-electron chi connectivity index (χ1n) is 12.1. The zero-order valence-electron chi connectivity index (χ0n) is 19.8. The lowest BCUT2D eigenvalue weighted by Crippen LogP contribution is -2.32. The number of fused-ring (bicyclic) bond motifs is 2. The van der Waals surface area contributed by atoms with E-state index < -0.39 is 0 Å². The zero-order chi connectivity index (χ0) is 24.5. The van der Waals surface area contributed by atoms with Crippen molar-refractivity contribution in [1.29, 1.82) is 0 Å². The molecule has 3 aromatic heterocycles. The predicted molar refractivity (Wildman–Crippen MR) is 138 cm³/mol. The number of nitrogens with zero attached hydrogens (tertiary/aromatic N) is 3. The van der Waals surface area contributed by atoms with Gasteiger partial charge in [-0.3, -0.25) is 4.79 Å². The number of amides is 1. The second-order valence-electron chi connectivity index (χ2n) is 8.81. The first-order chi connectivity index (χ1) is 17.7. The molecule has 1 amide bonds.